The van der Waals surface area contributed by atoms with Crippen LogP contribution in [-0.2, 0) is 13.6 Å². The van der Waals surface area contributed by atoms with Gasteiger partial charge >= 0.3 is 0 Å². The fourth-order valence-corrected chi connectivity index (χ4v) is 5.54. The number of rotatable bonds is 10. The van der Waals surface area contributed by atoms with Crippen molar-refractivity contribution in [3.63, 3.8) is 0 Å². The first-order valence-electron chi connectivity index (χ1n) is 15.2. The Bertz CT molecular complexity index is 1620. The third-order valence-electron chi connectivity index (χ3n) is 8.02. The molecule has 0 saturated carbocycles. The number of aliphatic hydroxyl groups is 1. The number of nitrogens with one attached hydrogen (secondary N) is 1. The van der Waals surface area contributed by atoms with Crippen LogP contribution < -0.4 is 14.8 Å². The van der Waals surface area contributed by atoms with Gasteiger partial charge in [-0.05, 0) is 68.9 Å². The highest BCUT2D eigenvalue weighted by Gasteiger charge is 2.34. The topological polar surface area (TPSA) is 109 Å². The summed E-state index contributed by atoms with van der Waals surface area (Å²) < 4.78 is 14.1. The molecule has 1 aromatic heterocycles. The molecule has 236 valence electrons. The maximum Gasteiger partial charge on any atom is 0.274 e. The molecule has 0 unspecified atom stereocenters. The number of para-hydroxylation sites is 2. The summed E-state index contributed by atoms with van der Waals surface area (Å²) in [7, 11) is 3.74. The normalized spacial score (nSPS) is 17.2. The standard InChI is InChI=1S/C35H41N5O5/c1-23-19-40(25(3)22-41)35(43)29-12-9-13-30(36-34(42)31-18-24(2)37-39(31)5)33(29)45-32(23)21-38(4)20-26-14-16-28(17-15-26)44-27-10-7-6-8-11-27/h6-18,23,25,32,41H,19-22H2,1-5H3,(H,36,42)/t23-,25+,32-/m0/s1. The van der Waals surface area contributed by atoms with Gasteiger partial charge in [-0.2, -0.15) is 5.10 Å². The minimum atomic E-state index is -0.392. The van der Waals surface area contributed by atoms with Gasteiger partial charge < -0.3 is 24.8 Å². The average molecular weight is 612 g/mol. The summed E-state index contributed by atoms with van der Waals surface area (Å²) in [6.45, 7) is 7.16. The van der Waals surface area contributed by atoms with Crippen molar-refractivity contribution in [2.24, 2.45) is 13.0 Å². The van der Waals surface area contributed by atoms with Crippen molar-refractivity contribution in [1.82, 2.24) is 19.6 Å². The molecule has 1 aliphatic heterocycles. The number of aromatic nitrogens is 2. The second-order valence-corrected chi connectivity index (χ2v) is 11.8. The number of benzene rings is 3. The lowest BCUT2D eigenvalue weighted by molar-refractivity contribution is 0.0343. The number of carbonyl (C=O) groups excluding carboxylic acids is 2. The quantitative estimate of drug-likeness (QED) is 0.256. The second kappa shape index (κ2) is 14.0. The van der Waals surface area contributed by atoms with Gasteiger partial charge in [0, 0.05) is 32.6 Å². The Morgan fingerprint density at radius 3 is 2.49 bits per heavy atom. The predicted molar refractivity (Wildman–Crippen MR) is 173 cm³/mol. The van der Waals surface area contributed by atoms with Crippen molar-refractivity contribution in [2.75, 3.05) is 32.1 Å². The molecule has 0 saturated heterocycles. The molecule has 0 aliphatic carbocycles. The molecular formula is C35H41N5O5. The highest BCUT2D eigenvalue weighted by molar-refractivity contribution is 6.06. The van der Waals surface area contributed by atoms with Gasteiger partial charge in [0.05, 0.1) is 29.6 Å². The number of fused-ring (bicyclic) bond motifs is 1. The Kier molecular flexibility index (Phi) is 9.85. The molecule has 2 amide bonds. The molecule has 0 bridgehead atoms. The molecule has 10 heteroatoms. The van der Waals surface area contributed by atoms with Crippen LogP contribution in [0.1, 0.15) is 46.0 Å². The van der Waals surface area contributed by atoms with E-state index in [-0.39, 0.29) is 30.4 Å². The maximum atomic E-state index is 13.8. The molecule has 2 heterocycles. The van der Waals surface area contributed by atoms with E-state index in [4.69, 9.17) is 9.47 Å². The summed E-state index contributed by atoms with van der Waals surface area (Å²) in [5.74, 6) is 1.18. The maximum absolute atomic E-state index is 13.8. The van der Waals surface area contributed by atoms with Crippen LogP contribution in [-0.4, -0.2) is 75.4 Å². The van der Waals surface area contributed by atoms with Crippen LogP contribution in [0.15, 0.2) is 78.9 Å². The Balaban J connectivity index is 1.37. The Hall–Kier alpha value is -4.67. The van der Waals surface area contributed by atoms with Crippen LogP contribution in [0.5, 0.6) is 17.2 Å². The van der Waals surface area contributed by atoms with Gasteiger partial charge in [-0.25, -0.2) is 0 Å². The molecule has 45 heavy (non-hydrogen) atoms. The number of hydrogen-bond donors (Lipinski definition) is 2. The van der Waals surface area contributed by atoms with Crippen LogP contribution >= 0.6 is 0 Å². The average Bonchev–Trinajstić information content (AvgIpc) is 3.37. The van der Waals surface area contributed by atoms with Gasteiger partial charge in [0.1, 0.15) is 23.3 Å². The minimum Gasteiger partial charge on any atom is -0.486 e. The number of aliphatic hydroxyl groups excluding tert-OH is 1. The van der Waals surface area contributed by atoms with Gasteiger partial charge in [-0.1, -0.05) is 43.3 Å². The summed E-state index contributed by atoms with van der Waals surface area (Å²) in [4.78, 5) is 30.9. The Morgan fingerprint density at radius 2 is 1.82 bits per heavy atom. The summed E-state index contributed by atoms with van der Waals surface area (Å²) in [6, 6.07) is 24.2. The first-order chi connectivity index (χ1) is 21.6. The van der Waals surface area contributed by atoms with E-state index >= 15 is 0 Å². The van der Waals surface area contributed by atoms with Crippen LogP contribution in [0.2, 0.25) is 0 Å². The van der Waals surface area contributed by atoms with Gasteiger partial charge in [-0.3, -0.25) is 19.2 Å². The molecule has 0 radical (unpaired) electrons. The van der Waals surface area contributed by atoms with Crippen molar-refractivity contribution >= 4 is 17.5 Å². The molecule has 10 nitrogen and oxygen atoms in total. The van der Waals surface area contributed by atoms with Gasteiger partial charge in [0.15, 0.2) is 5.75 Å². The zero-order valence-corrected chi connectivity index (χ0v) is 26.4. The number of carbonyl (C=O) groups is 2. The number of aryl methyl sites for hydroxylation is 2. The summed E-state index contributed by atoms with van der Waals surface area (Å²) in [6.07, 6.45) is -0.326. The predicted octanol–water partition coefficient (Wildman–Crippen LogP) is 5.13. The van der Waals surface area contributed by atoms with E-state index < -0.39 is 6.04 Å². The van der Waals surface area contributed by atoms with Crippen LogP contribution in [0.25, 0.3) is 0 Å². The first-order valence-corrected chi connectivity index (χ1v) is 15.2. The highest BCUT2D eigenvalue weighted by atomic mass is 16.5. The van der Waals surface area contributed by atoms with Crippen molar-refractivity contribution < 1.29 is 24.2 Å². The second-order valence-electron chi connectivity index (χ2n) is 11.8. The smallest absolute Gasteiger partial charge is 0.274 e. The molecular weight excluding hydrogens is 570 g/mol. The highest BCUT2D eigenvalue weighted by Crippen LogP contribution is 2.35. The van der Waals surface area contributed by atoms with Crippen molar-refractivity contribution in [2.45, 2.75) is 39.5 Å². The summed E-state index contributed by atoms with van der Waals surface area (Å²) >= 11 is 0. The largest absolute Gasteiger partial charge is 0.486 e. The summed E-state index contributed by atoms with van der Waals surface area (Å²) in [5.41, 5.74) is 2.96. The number of amides is 2. The zero-order chi connectivity index (χ0) is 32.1. The molecule has 1 aliphatic rings. The number of anilines is 1. The molecule has 2 N–H and O–H groups in total. The lowest BCUT2D eigenvalue weighted by atomic mass is 9.98. The van der Waals surface area contributed by atoms with E-state index in [2.05, 4.69) is 15.3 Å². The third kappa shape index (κ3) is 7.53. The number of ether oxygens (including phenoxy) is 2. The van der Waals surface area contributed by atoms with Crippen LogP contribution in [0.4, 0.5) is 5.69 Å². The molecule has 0 fully saturated rings. The van der Waals surface area contributed by atoms with Gasteiger partial charge in [0.25, 0.3) is 11.8 Å². The zero-order valence-electron chi connectivity index (χ0n) is 26.4. The molecule has 3 aromatic carbocycles. The SMILES string of the molecule is Cc1cc(C(=O)Nc2cccc3c2O[C@@H](CN(C)Cc2ccc(Oc4ccccc4)cc2)[C@@H](C)CN([C@H](C)CO)C3=O)n(C)n1. The Morgan fingerprint density at radius 1 is 1.11 bits per heavy atom. The fourth-order valence-electron chi connectivity index (χ4n) is 5.54. The van der Waals surface area contributed by atoms with E-state index in [1.54, 1.807) is 36.2 Å². The molecule has 3 atom stereocenters. The lowest BCUT2D eigenvalue weighted by Crippen LogP contribution is -2.49. The van der Waals surface area contributed by atoms with E-state index in [1.807, 2.05) is 82.4 Å². The van der Waals surface area contributed by atoms with E-state index in [1.165, 1.54) is 4.68 Å². The van der Waals surface area contributed by atoms with E-state index in [0.717, 1.165) is 22.8 Å². The van der Waals surface area contributed by atoms with Crippen molar-refractivity contribution in [3.05, 3.63) is 101 Å². The Labute approximate surface area is 264 Å². The summed E-state index contributed by atoms with van der Waals surface area (Å²) in [5, 5.41) is 17.2. The third-order valence-corrected chi connectivity index (χ3v) is 8.02. The van der Waals surface area contributed by atoms with Crippen molar-refractivity contribution in [3.8, 4) is 17.2 Å². The number of nitrogens with zero attached hydrogens (tertiary/aromatic N) is 4. The van der Waals surface area contributed by atoms with Gasteiger partial charge in [-0.15, -0.1) is 0 Å². The fraction of sp³-hybridized carbons (Fsp3) is 0.343. The number of hydrogen-bond acceptors (Lipinski definition) is 7. The van der Waals surface area contributed by atoms with Crippen molar-refractivity contribution in [1.29, 1.82) is 0 Å². The monoisotopic (exact) mass is 611 g/mol. The van der Waals surface area contributed by atoms with E-state index in [0.29, 0.717) is 42.3 Å². The van der Waals surface area contributed by atoms with Crippen LogP contribution in [0, 0.1) is 12.8 Å². The first kappa shape index (κ1) is 31.7. The number of likely N-dealkylation sites (N-methyl/N-ethyl adjacent to an activating group) is 1. The van der Waals surface area contributed by atoms with Crippen LogP contribution in [0.3, 0.4) is 0 Å². The minimum absolute atomic E-state index is 0.0799. The van der Waals surface area contributed by atoms with Gasteiger partial charge in [0.2, 0.25) is 0 Å². The molecule has 0 spiro atoms. The molecule has 5 rings (SSSR count). The van der Waals surface area contributed by atoms with E-state index in [9.17, 15) is 14.7 Å². The molecule has 4 aromatic rings. The lowest BCUT2D eigenvalue weighted by Gasteiger charge is -2.38.